The van der Waals surface area contributed by atoms with E-state index >= 15 is 0 Å². The Balaban J connectivity index is 1.44. The summed E-state index contributed by atoms with van der Waals surface area (Å²) in [5.41, 5.74) is 2.09. The van der Waals surface area contributed by atoms with Gasteiger partial charge in [-0.25, -0.2) is 9.78 Å². The number of ether oxygens (including phenoxy) is 2. The smallest absolute Gasteiger partial charge is 0.317 e. The third kappa shape index (κ3) is 5.28. The van der Waals surface area contributed by atoms with Crippen molar-refractivity contribution in [1.82, 2.24) is 15.2 Å². The Morgan fingerprint density at radius 2 is 1.82 bits per heavy atom. The number of urea groups is 1. The standard InChI is InChI=1S/C21H28N4O3/c1-16(2)28-20-9-4-17(14-22-20)15-23-21(26)25-12-10-24(11-13-25)18-5-7-19(27-3)8-6-18/h4-9,14,16H,10-13,15H2,1-3H3,(H,23,26). The lowest BCUT2D eigenvalue weighted by atomic mass is 10.2. The van der Waals surface area contributed by atoms with Gasteiger partial charge in [0, 0.05) is 50.7 Å². The molecule has 2 amide bonds. The fraction of sp³-hybridized carbons (Fsp3) is 0.429. The molecule has 7 heteroatoms. The Hall–Kier alpha value is -2.96. The minimum atomic E-state index is -0.0445. The van der Waals surface area contributed by atoms with Crippen LogP contribution in [0.25, 0.3) is 0 Å². The van der Waals surface area contributed by atoms with Crippen molar-refractivity contribution in [1.29, 1.82) is 0 Å². The van der Waals surface area contributed by atoms with E-state index in [0.29, 0.717) is 25.5 Å². The Bertz CT molecular complexity index is 754. The summed E-state index contributed by atoms with van der Waals surface area (Å²) >= 11 is 0. The zero-order chi connectivity index (χ0) is 19.9. The fourth-order valence-corrected chi connectivity index (χ4v) is 3.08. The number of rotatable bonds is 6. The lowest BCUT2D eigenvalue weighted by Gasteiger charge is -2.36. The van der Waals surface area contributed by atoms with E-state index in [9.17, 15) is 4.79 Å². The molecule has 1 N–H and O–H groups in total. The SMILES string of the molecule is COc1ccc(N2CCN(C(=O)NCc3ccc(OC(C)C)nc3)CC2)cc1. The van der Waals surface area contributed by atoms with Crippen LogP contribution in [0.2, 0.25) is 0 Å². The van der Waals surface area contributed by atoms with Gasteiger partial charge in [-0.1, -0.05) is 6.07 Å². The summed E-state index contributed by atoms with van der Waals surface area (Å²) < 4.78 is 10.7. The number of carbonyl (C=O) groups excluding carboxylic acids is 1. The molecule has 2 heterocycles. The van der Waals surface area contributed by atoms with E-state index in [0.717, 1.165) is 30.1 Å². The van der Waals surface area contributed by atoms with Crippen LogP contribution in [0.1, 0.15) is 19.4 Å². The van der Waals surface area contributed by atoms with Crippen molar-refractivity contribution in [3.05, 3.63) is 48.2 Å². The van der Waals surface area contributed by atoms with Crippen molar-refractivity contribution < 1.29 is 14.3 Å². The Morgan fingerprint density at radius 3 is 2.39 bits per heavy atom. The van der Waals surface area contributed by atoms with Crippen LogP contribution in [0.5, 0.6) is 11.6 Å². The first-order chi connectivity index (χ1) is 13.5. The van der Waals surface area contributed by atoms with Gasteiger partial charge in [0.2, 0.25) is 5.88 Å². The van der Waals surface area contributed by atoms with Crippen molar-refractivity contribution >= 4 is 11.7 Å². The monoisotopic (exact) mass is 384 g/mol. The Labute approximate surface area is 166 Å². The van der Waals surface area contributed by atoms with Gasteiger partial charge in [0.15, 0.2) is 0 Å². The number of nitrogens with one attached hydrogen (secondary N) is 1. The molecule has 1 saturated heterocycles. The second kappa shape index (κ2) is 9.30. The van der Waals surface area contributed by atoms with Gasteiger partial charge >= 0.3 is 6.03 Å². The molecule has 0 spiro atoms. The molecule has 1 fully saturated rings. The van der Waals surface area contributed by atoms with Gasteiger partial charge in [-0.05, 0) is 43.7 Å². The maximum atomic E-state index is 12.4. The van der Waals surface area contributed by atoms with Crippen molar-refractivity contribution in [3.63, 3.8) is 0 Å². The van der Waals surface area contributed by atoms with Crippen LogP contribution < -0.4 is 19.7 Å². The maximum absolute atomic E-state index is 12.4. The van der Waals surface area contributed by atoms with E-state index in [1.807, 2.05) is 55.1 Å². The third-order valence-electron chi connectivity index (χ3n) is 4.60. The number of nitrogens with zero attached hydrogens (tertiary/aromatic N) is 3. The van der Waals surface area contributed by atoms with Gasteiger partial charge in [-0.15, -0.1) is 0 Å². The number of anilines is 1. The number of aromatic nitrogens is 1. The molecule has 3 rings (SSSR count). The summed E-state index contributed by atoms with van der Waals surface area (Å²) in [6.45, 7) is 7.38. The van der Waals surface area contributed by atoms with E-state index < -0.39 is 0 Å². The fourth-order valence-electron chi connectivity index (χ4n) is 3.08. The molecule has 0 aliphatic carbocycles. The average Bonchev–Trinajstić information content (AvgIpc) is 2.73. The van der Waals surface area contributed by atoms with E-state index in [4.69, 9.17) is 9.47 Å². The number of hydrogen-bond donors (Lipinski definition) is 1. The number of methoxy groups -OCH3 is 1. The van der Waals surface area contributed by atoms with E-state index in [1.54, 1.807) is 13.3 Å². The van der Waals surface area contributed by atoms with Gasteiger partial charge in [-0.2, -0.15) is 0 Å². The average molecular weight is 384 g/mol. The van der Waals surface area contributed by atoms with Crippen LogP contribution in [0.3, 0.4) is 0 Å². The summed E-state index contributed by atoms with van der Waals surface area (Å²) in [5, 5.41) is 2.97. The summed E-state index contributed by atoms with van der Waals surface area (Å²) in [7, 11) is 1.66. The molecule has 28 heavy (non-hydrogen) atoms. The number of carbonyl (C=O) groups is 1. The first-order valence-corrected chi connectivity index (χ1v) is 9.58. The predicted molar refractivity (Wildman–Crippen MR) is 109 cm³/mol. The quantitative estimate of drug-likeness (QED) is 0.830. The first kappa shape index (κ1) is 19.8. The Kier molecular flexibility index (Phi) is 6.57. The van der Waals surface area contributed by atoms with Crippen molar-refractivity contribution in [2.45, 2.75) is 26.5 Å². The Morgan fingerprint density at radius 1 is 1.11 bits per heavy atom. The van der Waals surface area contributed by atoms with Crippen LogP contribution in [0, 0.1) is 0 Å². The second-order valence-corrected chi connectivity index (χ2v) is 7.00. The number of amides is 2. The zero-order valence-corrected chi connectivity index (χ0v) is 16.7. The maximum Gasteiger partial charge on any atom is 0.317 e. The first-order valence-electron chi connectivity index (χ1n) is 9.58. The highest BCUT2D eigenvalue weighted by Crippen LogP contribution is 2.20. The highest BCUT2D eigenvalue weighted by Gasteiger charge is 2.21. The molecule has 0 saturated carbocycles. The third-order valence-corrected chi connectivity index (χ3v) is 4.60. The molecule has 0 radical (unpaired) electrons. The molecule has 0 bridgehead atoms. The minimum absolute atomic E-state index is 0.0445. The molecule has 1 aliphatic rings. The number of hydrogen-bond acceptors (Lipinski definition) is 5. The second-order valence-electron chi connectivity index (χ2n) is 7.00. The van der Waals surface area contributed by atoms with Gasteiger partial charge in [0.05, 0.1) is 13.2 Å². The van der Waals surface area contributed by atoms with Crippen LogP contribution >= 0.6 is 0 Å². The van der Waals surface area contributed by atoms with Crippen molar-refractivity contribution in [2.75, 3.05) is 38.2 Å². The summed E-state index contributed by atoms with van der Waals surface area (Å²) in [5.74, 6) is 1.44. The summed E-state index contributed by atoms with van der Waals surface area (Å²) in [6.07, 6.45) is 1.83. The van der Waals surface area contributed by atoms with E-state index in [1.165, 1.54) is 0 Å². The molecule has 1 aromatic heterocycles. The van der Waals surface area contributed by atoms with Gasteiger partial charge < -0.3 is 24.6 Å². The topological polar surface area (TPSA) is 66.9 Å². The molecule has 150 valence electrons. The summed E-state index contributed by atoms with van der Waals surface area (Å²) in [6, 6.07) is 11.7. The highest BCUT2D eigenvalue weighted by atomic mass is 16.5. The molecular formula is C21H28N4O3. The predicted octanol–water partition coefficient (Wildman–Crippen LogP) is 2.91. The number of benzene rings is 1. The van der Waals surface area contributed by atoms with Crippen LogP contribution in [-0.4, -0.2) is 55.3 Å². The van der Waals surface area contributed by atoms with Crippen LogP contribution in [0.4, 0.5) is 10.5 Å². The van der Waals surface area contributed by atoms with Crippen molar-refractivity contribution in [2.24, 2.45) is 0 Å². The number of pyridine rings is 1. The van der Waals surface area contributed by atoms with Crippen LogP contribution in [0.15, 0.2) is 42.6 Å². The lowest BCUT2D eigenvalue weighted by molar-refractivity contribution is 0.194. The normalized spacial score (nSPS) is 14.1. The van der Waals surface area contributed by atoms with Crippen molar-refractivity contribution in [3.8, 4) is 11.6 Å². The number of piperazine rings is 1. The van der Waals surface area contributed by atoms with E-state index in [-0.39, 0.29) is 12.1 Å². The van der Waals surface area contributed by atoms with Crippen LogP contribution in [-0.2, 0) is 6.54 Å². The molecular weight excluding hydrogens is 356 g/mol. The van der Waals surface area contributed by atoms with E-state index in [2.05, 4.69) is 15.2 Å². The molecule has 0 atom stereocenters. The van der Waals surface area contributed by atoms with Gasteiger partial charge in [0.1, 0.15) is 5.75 Å². The molecule has 7 nitrogen and oxygen atoms in total. The molecule has 1 aromatic carbocycles. The molecule has 2 aromatic rings. The highest BCUT2D eigenvalue weighted by molar-refractivity contribution is 5.74. The van der Waals surface area contributed by atoms with Gasteiger partial charge in [0.25, 0.3) is 0 Å². The minimum Gasteiger partial charge on any atom is -0.497 e. The molecule has 0 unspecified atom stereocenters. The lowest BCUT2D eigenvalue weighted by Crippen LogP contribution is -2.51. The summed E-state index contributed by atoms with van der Waals surface area (Å²) in [4.78, 5) is 20.8. The largest absolute Gasteiger partial charge is 0.497 e. The van der Waals surface area contributed by atoms with Gasteiger partial charge in [-0.3, -0.25) is 0 Å². The molecule has 1 aliphatic heterocycles. The zero-order valence-electron chi connectivity index (χ0n) is 16.7.